The Morgan fingerprint density at radius 1 is 0.643 bits per heavy atom. The number of aliphatic carboxylic acids is 1. The molecule has 0 spiro atoms. The van der Waals surface area contributed by atoms with Crippen LogP contribution in [0.25, 0.3) is 11.1 Å². The third-order valence-corrected chi connectivity index (χ3v) is 9.38. The van der Waals surface area contributed by atoms with E-state index in [1.807, 2.05) is 66.7 Å². The van der Waals surface area contributed by atoms with Crippen LogP contribution in [0.3, 0.4) is 0 Å². The van der Waals surface area contributed by atoms with Crippen molar-refractivity contribution in [3.8, 4) is 16.9 Å². The van der Waals surface area contributed by atoms with Crippen LogP contribution in [-0.4, -0.2) is 75.4 Å². The molecule has 0 unspecified atom stereocenters. The topological polar surface area (TPSA) is 189 Å². The normalized spacial score (nSPS) is 19.5. The molecule has 5 N–H and O–H groups in total. The molecule has 13 heteroatoms. The van der Waals surface area contributed by atoms with Crippen molar-refractivity contribution < 1.29 is 33.8 Å². The molecule has 0 saturated heterocycles. The van der Waals surface area contributed by atoms with Gasteiger partial charge in [0.2, 0.25) is 17.7 Å². The summed E-state index contributed by atoms with van der Waals surface area (Å²) in [5.41, 5.74) is 4.62. The molecule has 5 aromatic rings. The summed E-state index contributed by atoms with van der Waals surface area (Å²) >= 11 is 0. The molecular weight excluding hydrogens is 713 g/mol. The lowest BCUT2D eigenvalue weighted by Gasteiger charge is -2.26. The quantitative estimate of drug-likeness (QED) is 0.141. The molecular formula is C43H42N6O7. The zero-order valence-corrected chi connectivity index (χ0v) is 30.5. The zero-order chi connectivity index (χ0) is 39.3. The van der Waals surface area contributed by atoms with Crippen molar-refractivity contribution in [3.63, 3.8) is 0 Å². The second-order valence-electron chi connectivity index (χ2n) is 13.5. The summed E-state index contributed by atoms with van der Waals surface area (Å²) in [5, 5.41) is 21.1. The van der Waals surface area contributed by atoms with Crippen LogP contribution in [0, 0.1) is 0 Å². The Labute approximate surface area is 323 Å². The molecule has 0 fully saturated rings. The van der Waals surface area contributed by atoms with Crippen molar-refractivity contribution in [2.75, 3.05) is 6.61 Å². The lowest BCUT2D eigenvalue weighted by atomic mass is 9.99. The minimum atomic E-state index is -1.32. The molecule has 286 valence electrons. The molecule has 56 heavy (non-hydrogen) atoms. The molecule has 4 amide bonds. The highest BCUT2D eigenvalue weighted by atomic mass is 16.5. The summed E-state index contributed by atoms with van der Waals surface area (Å²) in [7, 11) is 0. The van der Waals surface area contributed by atoms with Gasteiger partial charge in [-0.15, -0.1) is 0 Å². The average Bonchev–Trinajstić information content (AvgIpc) is 3.22. The van der Waals surface area contributed by atoms with Crippen LogP contribution >= 0.6 is 0 Å². The Hall–Kier alpha value is -6.89. The molecule has 4 heterocycles. The fraction of sp³-hybridized carbons (Fsp3) is 0.233. The molecule has 2 aliphatic rings. The van der Waals surface area contributed by atoms with E-state index in [0.717, 1.165) is 16.7 Å². The Morgan fingerprint density at radius 3 is 1.96 bits per heavy atom. The van der Waals surface area contributed by atoms with E-state index in [0.29, 0.717) is 29.0 Å². The summed E-state index contributed by atoms with van der Waals surface area (Å²) in [6, 6.07) is 27.5. The van der Waals surface area contributed by atoms with Gasteiger partial charge in [0.25, 0.3) is 5.91 Å². The van der Waals surface area contributed by atoms with Crippen molar-refractivity contribution in [1.29, 1.82) is 0 Å². The smallest absolute Gasteiger partial charge is 0.326 e. The summed E-state index contributed by atoms with van der Waals surface area (Å²) in [5.74, 6) is -3.51. The van der Waals surface area contributed by atoms with E-state index in [-0.39, 0.29) is 25.7 Å². The summed E-state index contributed by atoms with van der Waals surface area (Å²) in [4.78, 5) is 76.4. The van der Waals surface area contributed by atoms with E-state index in [1.54, 1.807) is 61.1 Å². The number of aryl methyl sites for hydroxylation is 1. The standard InChI is InChI=1S/C43H42N6O7/c50-39-27-56-34-16-11-30(12-17-34)25-38(43(54)55)49-40(51)35(18-13-28-6-2-1-3-7-28)47-41(52)36(48-42(53)37(46-39)26-33-8-4-5-21-45-33)24-29-9-14-31(15-10-29)32-19-22-44-23-20-32/h1-12,14-17,19-23,35-38H,13,18,24-27H2,(H,46,50)(H,47,52)(H,48,53)(H,49,51)(H,54,55)/t35-,36+,37-,38-/m0/s1. The molecule has 4 atom stereocenters. The number of pyridine rings is 2. The zero-order valence-electron chi connectivity index (χ0n) is 30.5. The first-order valence-electron chi connectivity index (χ1n) is 18.3. The minimum absolute atomic E-state index is 0.0146. The fourth-order valence-electron chi connectivity index (χ4n) is 6.34. The van der Waals surface area contributed by atoms with Crippen LogP contribution in [0.2, 0.25) is 0 Å². The van der Waals surface area contributed by atoms with Gasteiger partial charge >= 0.3 is 5.97 Å². The highest BCUT2D eigenvalue weighted by molar-refractivity contribution is 5.95. The number of carboxylic acids is 1. The average molecular weight is 755 g/mol. The first-order chi connectivity index (χ1) is 27.2. The number of rotatable bonds is 9. The van der Waals surface area contributed by atoms with Crippen molar-refractivity contribution >= 4 is 29.6 Å². The molecule has 2 aliphatic heterocycles. The summed E-state index contributed by atoms with van der Waals surface area (Å²) in [6.45, 7) is -0.421. The van der Waals surface area contributed by atoms with Gasteiger partial charge < -0.3 is 31.1 Å². The number of hydrogen-bond donors (Lipinski definition) is 5. The number of nitrogens with zero attached hydrogens (tertiary/aromatic N) is 2. The number of ether oxygens (including phenoxy) is 1. The van der Waals surface area contributed by atoms with Gasteiger partial charge in [0, 0.05) is 43.5 Å². The van der Waals surface area contributed by atoms with E-state index in [9.17, 15) is 29.1 Å². The molecule has 0 radical (unpaired) electrons. The molecule has 0 saturated carbocycles. The number of benzene rings is 3. The van der Waals surface area contributed by atoms with Crippen LogP contribution in [-0.2, 0) is 49.7 Å². The number of nitrogens with one attached hydrogen (secondary N) is 4. The van der Waals surface area contributed by atoms with E-state index < -0.39 is 60.4 Å². The van der Waals surface area contributed by atoms with Gasteiger partial charge in [-0.25, -0.2) is 4.79 Å². The lowest BCUT2D eigenvalue weighted by Crippen LogP contribution is -2.59. The SMILES string of the molecule is O=C1COc2ccc(cc2)C[C@@H](C(=O)O)NC(=O)[C@H](CCc2ccccc2)NC(=O)[C@@H](Cc2ccc(-c3ccncc3)cc2)NC(=O)[C@H](Cc2ccccn2)N1. The Balaban J connectivity index is 1.33. The highest BCUT2D eigenvalue weighted by Gasteiger charge is 2.32. The predicted molar refractivity (Wildman–Crippen MR) is 207 cm³/mol. The molecule has 7 rings (SSSR count). The first kappa shape index (κ1) is 38.8. The number of carbonyl (C=O) groups excluding carboxylic acids is 4. The minimum Gasteiger partial charge on any atom is -0.484 e. The van der Waals surface area contributed by atoms with E-state index in [2.05, 4.69) is 31.2 Å². The molecule has 0 aliphatic carbocycles. The largest absolute Gasteiger partial charge is 0.484 e. The van der Waals surface area contributed by atoms with Crippen molar-refractivity contribution in [3.05, 3.63) is 150 Å². The third-order valence-electron chi connectivity index (χ3n) is 9.38. The Bertz CT molecular complexity index is 2100. The van der Waals surface area contributed by atoms with Crippen LogP contribution in [0.4, 0.5) is 0 Å². The second kappa shape index (κ2) is 18.9. The van der Waals surface area contributed by atoms with Gasteiger partial charge in [0.1, 0.15) is 29.9 Å². The van der Waals surface area contributed by atoms with Crippen LogP contribution in [0.1, 0.15) is 28.8 Å². The number of hydrogen-bond acceptors (Lipinski definition) is 8. The third kappa shape index (κ3) is 11.1. The number of aromatic nitrogens is 2. The van der Waals surface area contributed by atoms with Gasteiger partial charge in [-0.3, -0.25) is 29.1 Å². The van der Waals surface area contributed by atoms with E-state index >= 15 is 0 Å². The maximum Gasteiger partial charge on any atom is 0.326 e. The monoisotopic (exact) mass is 754 g/mol. The van der Waals surface area contributed by atoms with E-state index in [4.69, 9.17) is 4.74 Å². The fourth-order valence-corrected chi connectivity index (χ4v) is 6.34. The second-order valence-corrected chi connectivity index (χ2v) is 13.5. The lowest BCUT2D eigenvalue weighted by molar-refractivity contribution is -0.142. The Morgan fingerprint density at radius 2 is 1.29 bits per heavy atom. The Kier molecular flexibility index (Phi) is 13.1. The van der Waals surface area contributed by atoms with E-state index in [1.165, 1.54) is 0 Å². The van der Waals surface area contributed by atoms with Crippen LogP contribution in [0.5, 0.6) is 5.75 Å². The van der Waals surface area contributed by atoms with Gasteiger partial charge in [0.05, 0.1) is 0 Å². The van der Waals surface area contributed by atoms with Gasteiger partial charge in [-0.1, -0.05) is 72.8 Å². The van der Waals surface area contributed by atoms with Crippen molar-refractivity contribution in [2.45, 2.75) is 56.3 Å². The maximum absolute atomic E-state index is 14.3. The molecule has 13 nitrogen and oxygen atoms in total. The van der Waals surface area contributed by atoms with Gasteiger partial charge in [0.15, 0.2) is 6.61 Å². The molecule has 2 bridgehead atoms. The summed E-state index contributed by atoms with van der Waals surface area (Å²) < 4.78 is 5.68. The van der Waals surface area contributed by atoms with Crippen LogP contribution < -0.4 is 26.0 Å². The number of carboxylic acid groups (broad SMARTS) is 1. The molecule has 2 aromatic heterocycles. The highest BCUT2D eigenvalue weighted by Crippen LogP contribution is 2.20. The maximum atomic E-state index is 14.3. The first-order valence-corrected chi connectivity index (χ1v) is 18.3. The summed E-state index contributed by atoms with van der Waals surface area (Å²) in [6.07, 6.45) is 5.48. The molecule has 3 aromatic carbocycles. The van der Waals surface area contributed by atoms with Crippen molar-refractivity contribution in [2.24, 2.45) is 0 Å². The number of carbonyl (C=O) groups is 5. The van der Waals surface area contributed by atoms with Crippen LogP contribution in [0.15, 0.2) is 128 Å². The number of fused-ring (bicyclic) bond motifs is 16. The van der Waals surface area contributed by atoms with Gasteiger partial charge in [-0.2, -0.15) is 0 Å². The van der Waals surface area contributed by atoms with Crippen molar-refractivity contribution in [1.82, 2.24) is 31.2 Å². The van der Waals surface area contributed by atoms with Gasteiger partial charge in [-0.05, 0) is 77.1 Å². The predicted octanol–water partition coefficient (Wildman–Crippen LogP) is 3.22. The number of amides is 4.